The molecule has 0 aliphatic rings. The molecule has 2 rings (SSSR count). The van der Waals surface area contributed by atoms with Gasteiger partial charge in [-0.25, -0.2) is 4.98 Å². The Balaban J connectivity index is 2.34. The number of nitrogen functional groups attached to an aromatic ring is 1. The van der Waals surface area contributed by atoms with Gasteiger partial charge in [-0.2, -0.15) is 4.98 Å². The van der Waals surface area contributed by atoms with Crippen molar-refractivity contribution in [3.63, 3.8) is 0 Å². The molecule has 0 radical (unpaired) electrons. The van der Waals surface area contributed by atoms with E-state index in [-0.39, 0.29) is 12.0 Å². The van der Waals surface area contributed by atoms with E-state index in [1.165, 1.54) is 0 Å². The van der Waals surface area contributed by atoms with Crippen LogP contribution in [0, 0.1) is 0 Å². The molecule has 0 aliphatic heterocycles. The molecule has 3 N–H and O–H groups in total. The normalized spacial score (nSPS) is 11.4. The first-order chi connectivity index (χ1) is 9.90. The van der Waals surface area contributed by atoms with Crippen LogP contribution in [0.4, 0.5) is 5.82 Å². The highest BCUT2D eigenvalue weighted by molar-refractivity contribution is 5.40. The molecule has 21 heavy (non-hydrogen) atoms. The van der Waals surface area contributed by atoms with Crippen LogP contribution in [0.15, 0.2) is 30.3 Å². The van der Waals surface area contributed by atoms with Crippen LogP contribution in [-0.2, 0) is 11.8 Å². The van der Waals surface area contributed by atoms with Crippen LogP contribution < -0.4 is 10.5 Å². The molecule has 1 aromatic heterocycles. The molecule has 0 saturated heterocycles. The third-order valence-electron chi connectivity index (χ3n) is 2.96. The number of aliphatic hydroxyl groups is 1. The van der Waals surface area contributed by atoms with Crippen molar-refractivity contribution in [1.29, 1.82) is 0 Å². The SMILES string of the molecule is CC(C)(C)c1nc(N)cc(Oc2ccccc2CCO)n1. The van der Waals surface area contributed by atoms with Crippen LogP contribution in [0.2, 0.25) is 0 Å². The van der Waals surface area contributed by atoms with Crippen molar-refractivity contribution in [2.45, 2.75) is 32.6 Å². The van der Waals surface area contributed by atoms with E-state index in [0.29, 0.717) is 29.7 Å². The van der Waals surface area contributed by atoms with Crippen molar-refractivity contribution in [2.75, 3.05) is 12.3 Å². The minimum atomic E-state index is -0.210. The highest BCUT2D eigenvalue weighted by Gasteiger charge is 2.19. The van der Waals surface area contributed by atoms with Crippen LogP contribution in [-0.4, -0.2) is 21.7 Å². The standard InChI is InChI=1S/C16H21N3O2/c1-16(2,3)15-18-13(17)10-14(19-15)21-12-7-5-4-6-11(12)8-9-20/h4-7,10,20H,8-9H2,1-3H3,(H2,17,18,19). The molecule has 1 heterocycles. The van der Waals surface area contributed by atoms with Gasteiger partial charge in [0.2, 0.25) is 5.88 Å². The number of ether oxygens (including phenoxy) is 1. The van der Waals surface area contributed by atoms with Gasteiger partial charge in [0.1, 0.15) is 17.4 Å². The van der Waals surface area contributed by atoms with Crippen LogP contribution in [0.25, 0.3) is 0 Å². The zero-order valence-electron chi connectivity index (χ0n) is 12.6. The Morgan fingerprint density at radius 3 is 2.57 bits per heavy atom. The van der Waals surface area contributed by atoms with Crippen molar-refractivity contribution >= 4 is 5.82 Å². The quantitative estimate of drug-likeness (QED) is 0.903. The number of anilines is 1. The highest BCUT2D eigenvalue weighted by Crippen LogP contribution is 2.27. The number of para-hydroxylation sites is 1. The summed E-state index contributed by atoms with van der Waals surface area (Å²) in [5, 5.41) is 9.10. The summed E-state index contributed by atoms with van der Waals surface area (Å²) >= 11 is 0. The van der Waals surface area contributed by atoms with Gasteiger partial charge in [0.05, 0.1) is 0 Å². The topological polar surface area (TPSA) is 81.3 Å². The first kappa shape index (κ1) is 15.3. The second-order valence-corrected chi connectivity index (χ2v) is 5.89. The molecule has 0 unspecified atom stereocenters. The fourth-order valence-corrected chi connectivity index (χ4v) is 1.87. The van der Waals surface area contributed by atoms with Gasteiger partial charge < -0.3 is 15.6 Å². The summed E-state index contributed by atoms with van der Waals surface area (Å²) in [7, 11) is 0. The Kier molecular flexibility index (Phi) is 4.43. The molecule has 0 saturated carbocycles. The predicted molar refractivity (Wildman–Crippen MR) is 82.5 cm³/mol. The predicted octanol–water partition coefficient (Wildman–Crippen LogP) is 2.68. The number of nitrogens with two attached hydrogens (primary N) is 1. The largest absolute Gasteiger partial charge is 0.439 e. The lowest BCUT2D eigenvalue weighted by Crippen LogP contribution is -2.17. The molecule has 0 spiro atoms. The van der Waals surface area contributed by atoms with E-state index in [1.807, 2.05) is 45.0 Å². The number of aliphatic hydroxyl groups excluding tert-OH is 1. The fraction of sp³-hybridized carbons (Fsp3) is 0.375. The number of aromatic nitrogens is 2. The maximum atomic E-state index is 9.10. The molecule has 0 fully saturated rings. The maximum absolute atomic E-state index is 9.10. The number of hydrogen-bond donors (Lipinski definition) is 2. The van der Waals surface area contributed by atoms with Crippen LogP contribution >= 0.6 is 0 Å². The summed E-state index contributed by atoms with van der Waals surface area (Å²) < 4.78 is 5.84. The van der Waals surface area contributed by atoms with Crippen molar-refractivity contribution in [1.82, 2.24) is 9.97 Å². The average molecular weight is 287 g/mol. The molecule has 0 amide bonds. The zero-order valence-corrected chi connectivity index (χ0v) is 12.6. The van der Waals surface area contributed by atoms with Gasteiger partial charge in [-0.05, 0) is 18.1 Å². The van der Waals surface area contributed by atoms with Gasteiger partial charge in [0.25, 0.3) is 0 Å². The lowest BCUT2D eigenvalue weighted by atomic mass is 9.96. The first-order valence-electron chi connectivity index (χ1n) is 6.92. The molecule has 5 nitrogen and oxygen atoms in total. The van der Waals surface area contributed by atoms with Crippen molar-refractivity contribution in [3.05, 3.63) is 41.7 Å². The number of nitrogens with zero attached hydrogens (tertiary/aromatic N) is 2. The molecule has 112 valence electrons. The summed E-state index contributed by atoms with van der Waals surface area (Å²) in [5.74, 6) is 2.10. The molecular formula is C16H21N3O2. The van der Waals surface area contributed by atoms with E-state index in [9.17, 15) is 0 Å². The number of benzene rings is 1. The van der Waals surface area contributed by atoms with Gasteiger partial charge in [-0.1, -0.05) is 39.0 Å². The molecule has 2 aromatic rings. The Labute approximate surface area is 124 Å². The second-order valence-electron chi connectivity index (χ2n) is 5.89. The highest BCUT2D eigenvalue weighted by atomic mass is 16.5. The fourth-order valence-electron chi connectivity index (χ4n) is 1.87. The van der Waals surface area contributed by atoms with E-state index in [0.717, 1.165) is 5.56 Å². The summed E-state index contributed by atoms with van der Waals surface area (Å²) in [6, 6.07) is 9.16. The van der Waals surface area contributed by atoms with Crippen molar-refractivity contribution in [2.24, 2.45) is 0 Å². The Bertz CT molecular complexity index is 621. The molecule has 0 aliphatic carbocycles. The summed E-state index contributed by atoms with van der Waals surface area (Å²) in [6.45, 7) is 6.13. The molecule has 0 bridgehead atoms. The molecule has 0 atom stereocenters. The Morgan fingerprint density at radius 1 is 1.19 bits per heavy atom. The number of hydrogen-bond acceptors (Lipinski definition) is 5. The third kappa shape index (κ3) is 3.92. The zero-order chi connectivity index (χ0) is 15.5. The monoisotopic (exact) mass is 287 g/mol. The van der Waals surface area contributed by atoms with E-state index >= 15 is 0 Å². The third-order valence-corrected chi connectivity index (χ3v) is 2.96. The Morgan fingerprint density at radius 2 is 1.90 bits per heavy atom. The van der Waals surface area contributed by atoms with Gasteiger partial charge in [0, 0.05) is 18.1 Å². The van der Waals surface area contributed by atoms with Gasteiger partial charge in [-0.3, -0.25) is 0 Å². The lowest BCUT2D eigenvalue weighted by Gasteiger charge is -2.18. The minimum absolute atomic E-state index is 0.0690. The molecule has 5 heteroatoms. The summed E-state index contributed by atoms with van der Waals surface area (Å²) in [6.07, 6.45) is 0.531. The average Bonchev–Trinajstić information content (AvgIpc) is 2.40. The van der Waals surface area contributed by atoms with E-state index in [2.05, 4.69) is 9.97 Å². The lowest BCUT2D eigenvalue weighted by molar-refractivity contribution is 0.297. The second kappa shape index (κ2) is 6.10. The summed E-state index contributed by atoms with van der Waals surface area (Å²) in [5.41, 5.74) is 6.55. The first-order valence-corrected chi connectivity index (χ1v) is 6.92. The van der Waals surface area contributed by atoms with E-state index in [1.54, 1.807) is 6.07 Å². The van der Waals surface area contributed by atoms with Crippen molar-refractivity contribution < 1.29 is 9.84 Å². The van der Waals surface area contributed by atoms with E-state index in [4.69, 9.17) is 15.6 Å². The smallest absolute Gasteiger partial charge is 0.224 e. The van der Waals surface area contributed by atoms with Gasteiger partial charge in [0.15, 0.2) is 0 Å². The minimum Gasteiger partial charge on any atom is -0.439 e. The van der Waals surface area contributed by atoms with Crippen molar-refractivity contribution in [3.8, 4) is 11.6 Å². The van der Waals surface area contributed by atoms with Gasteiger partial charge in [-0.15, -0.1) is 0 Å². The van der Waals surface area contributed by atoms with Crippen LogP contribution in [0.5, 0.6) is 11.6 Å². The van der Waals surface area contributed by atoms with Gasteiger partial charge >= 0.3 is 0 Å². The maximum Gasteiger partial charge on any atom is 0.224 e. The summed E-state index contributed by atoms with van der Waals surface area (Å²) in [4.78, 5) is 8.68. The molecular weight excluding hydrogens is 266 g/mol. The van der Waals surface area contributed by atoms with E-state index < -0.39 is 0 Å². The Hall–Kier alpha value is -2.14. The molecule has 1 aromatic carbocycles. The number of rotatable bonds is 4. The van der Waals surface area contributed by atoms with Crippen LogP contribution in [0.1, 0.15) is 32.2 Å². The van der Waals surface area contributed by atoms with Crippen LogP contribution in [0.3, 0.4) is 0 Å².